The number of fused-ring (bicyclic) bond motifs is 1. The van der Waals surface area contributed by atoms with Crippen LogP contribution < -0.4 is 9.80 Å². The van der Waals surface area contributed by atoms with Gasteiger partial charge in [0.15, 0.2) is 11.7 Å². The lowest BCUT2D eigenvalue weighted by Gasteiger charge is -2.36. The number of pyridine rings is 1. The third-order valence-electron chi connectivity index (χ3n) is 5.06. The van der Waals surface area contributed by atoms with E-state index in [1.807, 2.05) is 42.5 Å². The molecule has 0 radical (unpaired) electrons. The summed E-state index contributed by atoms with van der Waals surface area (Å²) >= 11 is 0. The Morgan fingerprint density at radius 3 is 2.37 bits per heavy atom. The number of piperazine rings is 1. The van der Waals surface area contributed by atoms with Crippen molar-refractivity contribution in [2.75, 3.05) is 42.6 Å². The summed E-state index contributed by atoms with van der Waals surface area (Å²) in [6.45, 7) is 4.78. The van der Waals surface area contributed by atoms with Gasteiger partial charge in [-0.1, -0.05) is 18.2 Å². The van der Waals surface area contributed by atoms with Crippen LogP contribution in [0.5, 0.6) is 0 Å². The molecule has 30 heavy (non-hydrogen) atoms. The summed E-state index contributed by atoms with van der Waals surface area (Å²) in [6, 6.07) is 15.4. The molecule has 152 valence electrons. The molecule has 1 aromatic carbocycles. The molecule has 1 aliphatic rings. The van der Waals surface area contributed by atoms with Gasteiger partial charge in [-0.25, -0.2) is 15.0 Å². The van der Waals surface area contributed by atoms with Gasteiger partial charge < -0.3 is 14.5 Å². The fourth-order valence-electron chi connectivity index (χ4n) is 3.57. The first-order chi connectivity index (χ1) is 14.7. The van der Waals surface area contributed by atoms with Crippen LogP contribution in [0.1, 0.15) is 18.5 Å². The molecule has 1 fully saturated rings. The fourth-order valence-corrected chi connectivity index (χ4v) is 3.57. The molecule has 0 N–H and O–H groups in total. The van der Waals surface area contributed by atoms with E-state index < -0.39 is 11.9 Å². The summed E-state index contributed by atoms with van der Waals surface area (Å²) in [6.07, 6.45) is 1.78. The van der Waals surface area contributed by atoms with Gasteiger partial charge in [0.1, 0.15) is 11.5 Å². The number of benzene rings is 1. The van der Waals surface area contributed by atoms with Crippen LogP contribution in [-0.4, -0.2) is 53.7 Å². The number of esters is 1. The number of para-hydroxylation sites is 2. The summed E-state index contributed by atoms with van der Waals surface area (Å²) in [7, 11) is 0. The molecule has 0 spiro atoms. The number of carbonyl (C=O) groups excluding carboxylic acids is 1. The van der Waals surface area contributed by atoms with E-state index in [1.54, 1.807) is 13.1 Å². The molecule has 8 heteroatoms. The van der Waals surface area contributed by atoms with Gasteiger partial charge in [-0.05, 0) is 31.2 Å². The summed E-state index contributed by atoms with van der Waals surface area (Å²) < 4.78 is 5.11. The molecule has 2 aromatic heterocycles. The molecule has 0 amide bonds. The second-order valence-corrected chi connectivity index (χ2v) is 6.90. The van der Waals surface area contributed by atoms with Gasteiger partial charge >= 0.3 is 5.97 Å². The van der Waals surface area contributed by atoms with Crippen molar-refractivity contribution < 1.29 is 9.53 Å². The summed E-state index contributed by atoms with van der Waals surface area (Å²) in [5.41, 5.74) is 1.72. The molecule has 0 saturated carbocycles. The van der Waals surface area contributed by atoms with Gasteiger partial charge in [0.2, 0.25) is 0 Å². The number of rotatable bonds is 5. The Morgan fingerprint density at radius 2 is 1.73 bits per heavy atom. The summed E-state index contributed by atoms with van der Waals surface area (Å²) in [4.78, 5) is 30.6. The maximum atomic E-state index is 12.4. The zero-order chi connectivity index (χ0) is 20.9. The largest absolute Gasteiger partial charge is 0.465 e. The smallest absolute Gasteiger partial charge is 0.329 e. The maximum absolute atomic E-state index is 12.4. The van der Waals surface area contributed by atoms with Crippen molar-refractivity contribution in [1.29, 1.82) is 5.26 Å². The van der Waals surface area contributed by atoms with Crippen LogP contribution in [0.25, 0.3) is 11.0 Å². The van der Waals surface area contributed by atoms with Gasteiger partial charge in [-0.3, -0.25) is 4.79 Å². The minimum absolute atomic E-state index is 0.204. The number of hydrogen-bond donors (Lipinski definition) is 0. The van der Waals surface area contributed by atoms with E-state index in [0.717, 1.165) is 24.4 Å². The van der Waals surface area contributed by atoms with Crippen LogP contribution in [0.2, 0.25) is 0 Å². The van der Waals surface area contributed by atoms with Crippen molar-refractivity contribution in [2.24, 2.45) is 0 Å². The van der Waals surface area contributed by atoms with E-state index in [4.69, 9.17) is 9.72 Å². The van der Waals surface area contributed by atoms with Crippen LogP contribution in [0.4, 0.5) is 11.6 Å². The Bertz CT molecular complexity index is 1070. The normalized spacial score (nSPS) is 14.9. The molecule has 1 unspecified atom stereocenters. The van der Waals surface area contributed by atoms with E-state index in [1.165, 1.54) is 0 Å². The molecule has 1 aliphatic heterocycles. The summed E-state index contributed by atoms with van der Waals surface area (Å²) in [5, 5.41) is 9.71. The van der Waals surface area contributed by atoms with Gasteiger partial charge in [-0.15, -0.1) is 0 Å². The van der Waals surface area contributed by atoms with Gasteiger partial charge in [0.05, 0.1) is 23.7 Å². The van der Waals surface area contributed by atoms with E-state index in [9.17, 15) is 10.1 Å². The van der Waals surface area contributed by atoms with Crippen molar-refractivity contribution in [3.05, 3.63) is 54.4 Å². The highest BCUT2D eigenvalue weighted by molar-refractivity contribution is 5.85. The van der Waals surface area contributed by atoms with Crippen molar-refractivity contribution in [3.8, 4) is 6.07 Å². The first-order valence-electron chi connectivity index (χ1n) is 9.95. The number of nitriles is 1. The first kappa shape index (κ1) is 19.6. The Morgan fingerprint density at radius 1 is 1.07 bits per heavy atom. The monoisotopic (exact) mass is 402 g/mol. The number of hydrogen-bond acceptors (Lipinski definition) is 8. The minimum Gasteiger partial charge on any atom is -0.465 e. The second-order valence-electron chi connectivity index (χ2n) is 6.90. The lowest BCUT2D eigenvalue weighted by atomic mass is 10.1. The van der Waals surface area contributed by atoms with Crippen molar-refractivity contribution in [1.82, 2.24) is 15.0 Å². The van der Waals surface area contributed by atoms with E-state index in [-0.39, 0.29) is 6.61 Å². The zero-order valence-electron chi connectivity index (χ0n) is 16.7. The predicted octanol–water partition coefficient (Wildman–Crippen LogP) is 2.52. The number of nitrogens with zero attached hydrogens (tertiary/aromatic N) is 6. The van der Waals surface area contributed by atoms with Gasteiger partial charge in [0.25, 0.3) is 0 Å². The van der Waals surface area contributed by atoms with Crippen LogP contribution in [-0.2, 0) is 9.53 Å². The first-order valence-corrected chi connectivity index (χ1v) is 9.95. The van der Waals surface area contributed by atoms with Crippen LogP contribution in [0, 0.1) is 11.3 Å². The topological polar surface area (TPSA) is 95.2 Å². The molecule has 0 aliphatic carbocycles. The molecule has 8 nitrogen and oxygen atoms in total. The van der Waals surface area contributed by atoms with E-state index in [2.05, 4.69) is 25.8 Å². The lowest BCUT2D eigenvalue weighted by molar-refractivity contribution is -0.143. The maximum Gasteiger partial charge on any atom is 0.329 e. The molecule has 1 atom stereocenters. The number of carbonyl (C=O) groups is 1. The fraction of sp³-hybridized carbons (Fsp3) is 0.318. The predicted molar refractivity (Wildman–Crippen MR) is 113 cm³/mol. The van der Waals surface area contributed by atoms with Crippen molar-refractivity contribution >= 4 is 28.6 Å². The third kappa shape index (κ3) is 3.87. The molecule has 3 aromatic rings. The average molecular weight is 402 g/mol. The molecule has 4 rings (SSSR count). The third-order valence-corrected chi connectivity index (χ3v) is 5.06. The Kier molecular flexibility index (Phi) is 5.70. The minimum atomic E-state index is -1.12. The van der Waals surface area contributed by atoms with Crippen LogP contribution in [0.3, 0.4) is 0 Å². The molecule has 0 bridgehead atoms. The molecule has 1 saturated heterocycles. The Balaban J connectivity index is 1.67. The highest BCUT2D eigenvalue weighted by Crippen LogP contribution is 2.29. The molecular weight excluding hydrogens is 380 g/mol. The number of ether oxygens (including phenoxy) is 1. The van der Waals surface area contributed by atoms with E-state index >= 15 is 0 Å². The lowest BCUT2D eigenvalue weighted by Crippen LogP contribution is -2.47. The highest BCUT2D eigenvalue weighted by atomic mass is 16.5. The molecular formula is C22H22N6O2. The average Bonchev–Trinajstić information content (AvgIpc) is 2.80. The van der Waals surface area contributed by atoms with Gasteiger partial charge in [-0.2, -0.15) is 5.26 Å². The van der Waals surface area contributed by atoms with Crippen molar-refractivity contribution in [2.45, 2.75) is 12.8 Å². The Labute approximate surface area is 174 Å². The van der Waals surface area contributed by atoms with Crippen molar-refractivity contribution in [3.63, 3.8) is 0 Å². The standard InChI is InChI=1S/C22H22N6O2/c1-2-30-22(29)16(15-23)20-21(26-18-8-4-3-7-17(18)25-20)28-13-11-27(12-14-28)19-9-5-6-10-24-19/h3-10,16H,2,11-14H2,1H3. The molecule has 3 heterocycles. The number of anilines is 2. The number of aromatic nitrogens is 3. The summed E-state index contributed by atoms with van der Waals surface area (Å²) in [5.74, 6) is -0.221. The van der Waals surface area contributed by atoms with Crippen LogP contribution >= 0.6 is 0 Å². The SMILES string of the molecule is CCOC(=O)C(C#N)c1nc2ccccc2nc1N1CCN(c2ccccn2)CC1. The van der Waals surface area contributed by atoms with Gasteiger partial charge in [0, 0.05) is 32.4 Å². The Hall–Kier alpha value is -3.73. The second kappa shape index (κ2) is 8.74. The quantitative estimate of drug-likeness (QED) is 0.601. The van der Waals surface area contributed by atoms with E-state index in [0.29, 0.717) is 30.1 Å². The zero-order valence-corrected chi connectivity index (χ0v) is 16.7. The van der Waals surface area contributed by atoms with Crippen LogP contribution in [0.15, 0.2) is 48.7 Å². The highest BCUT2D eigenvalue weighted by Gasteiger charge is 2.31.